The normalized spacial score (nSPS) is 16.2. The number of carbonyl (C=O) groups excluding carboxylic acids is 5. The zero-order valence-corrected chi connectivity index (χ0v) is 23.2. The monoisotopic (exact) mass is 533 g/mol. The number of nitrogens with zero attached hydrogens (tertiary/aromatic N) is 3. The number of Topliss-reactive ketones (excluding diaryl/α,β-unsaturated/α-hetero) is 1. The molecule has 2 atom stereocenters. The average molecular weight is 534 g/mol. The third-order valence-electron chi connectivity index (χ3n) is 6.27. The molecule has 2 aromatic rings. The van der Waals surface area contributed by atoms with Gasteiger partial charge in [0.2, 0.25) is 11.8 Å². The van der Waals surface area contributed by atoms with Crippen molar-refractivity contribution in [3.05, 3.63) is 78.0 Å². The van der Waals surface area contributed by atoms with Gasteiger partial charge in [-0.15, -0.1) is 0 Å². The van der Waals surface area contributed by atoms with Crippen LogP contribution >= 0.6 is 0 Å². The molecule has 0 radical (unpaired) electrons. The van der Waals surface area contributed by atoms with Crippen molar-refractivity contribution in [3.8, 4) is 0 Å². The molecule has 2 aromatic carbocycles. The summed E-state index contributed by atoms with van der Waals surface area (Å²) < 4.78 is 5.20. The molecular formula is C30H35N3O6. The van der Waals surface area contributed by atoms with Crippen molar-refractivity contribution in [2.24, 2.45) is 5.92 Å². The summed E-state index contributed by atoms with van der Waals surface area (Å²) in [4.78, 5) is 68.0. The standard InChI is InChI=1S/C30H35N3O6/c1-19(2)27-29(37)33(26(18-31(27)21(5)34)24-15-11-8-12-16-24)32(22(6)35)25(17-23-13-9-7-10-14-23)28(36)30(38)39-20(3)4/h7-16,18-20,25,27H,17H2,1-6H3/t25-,27-/m0/s1. The number of hydrogen-bond acceptors (Lipinski definition) is 6. The van der Waals surface area contributed by atoms with Gasteiger partial charge in [0.1, 0.15) is 12.1 Å². The molecule has 0 aliphatic carbocycles. The van der Waals surface area contributed by atoms with Crippen molar-refractivity contribution in [1.29, 1.82) is 0 Å². The van der Waals surface area contributed by atoms with E-state index in [1.165, 1.54) is 24.9 Å². The van der Waals surface area contributed by atoms with Crippen LogP contribution < -0.4 is 0 Å². The highest BCUT2D eigenvalue weighted by atomic mass is 16.5. The van der Waals surface area contributed by atoms with Crippen molar-refractivity contribution < 1.29 is 28.7 Å². The van der Waals surface area contributed by atoms with Gasteiger partial charge in [-0.3, -0.25) is 19.2 Å². The number of amides is 3. The van der Waals surface area contributed by atoms with Gasteiger partial charge in [0.25, 0.3) is 11.7 Å². The summed E-state index contributed by atoms with van der Waals surface area (Å²) in [7, 11) is 0. The molecule has 0 saturated heterocycles. The number of rotatable bonds is 9. The van der Waals surface area contributed by atoms with Crippen molar-refractivity contribution in [2.45, 2.75) is 66.2 Å². The Morgan fingerprint density at radius 1 is 0.897 bits per heavy atom. The smallest absolute Gasteiger partial charge is 0.377 e. The summed E-state index contributed by atoms with van der Waals surface area (Å²) in [5.41, 5.74) is 1.45. The highest BCUT2D eigenvalue weighted by Gasteiger charge is 2.47. The lowest BCUT2D eigenvalue weighted by Crippen LogP contribution is -2.64. The molecule has 1 heterocycles. The van der Waals surface area contributed by atoms with Crippen LogP contribution in [0.1, 0.15) is 52.7 Å². The van der Waals surface area contributed by atoms with E-state index in [-0.39, 0.29) is 23.9 Å². The summed E-state index contributed by atoms with van der Waals surface area (Å²) in [6.45, 7) is 9.42. The lowest BCUT2D eigenvalue weighted by atomic mass is 9.97. The summed E-state index contributed by atoms with van der Waals surface area (Å²) >= 11 is 0. The quantitative estimate of drug-likeness (QED) is 0.360. The second-order valence-electron chi connectivity index (χ2n) is 10.0. The van der Waals surface area contributed by atoms with Gasteiger partial charge in [-0.25, -0.2) is 14.8 Å². The third-order valence-corrected chi connectivity index (χ3v) is 6.27. The lowest BCUT2D eigenvalue weighted by Gasteiger charge is -2.46. The zero-order chi connectivity index (χ0) is 28.9. The van der Waals surface area contributed by atoms with Crippen LogP contribution in [0, 0.1) is 5.92 Å². The Bertz CT molecular complexity index is 1260. The molecule has 1 aliphatic heterocycles. The van der Waals surface area contributed by atoms with Gasteiger partial charge in [-0.2, -0.15) is 0 Å². The first-order valence-corrected chi connectivity index (χ1v) is 12.9. The Hall–Kier alpha value is -4.27. The van der Waals surface area contributed by atoms with Gasteiger partial charge in [-0.1, -0.05) is 74.5 Å². The number of hydrazine groups is 1. The largest absolute Gasteiger partial charge is 0.457 e. The predicted octanol–water partition coefficient (Wildman–Crippen LogP) is 3.60. The van der Waals surface area contributed by atoms with Gasteiger partial charge in [0.05, 0.1) is 11.8 Å². The fourth-order valence-electron chi connectivity index (χ4n) is 4.59. The minimum absolute atomic E-state index is 0.0406. The molecule has 206 valence electrons. The van der Waals surface area contributed by atoms with Crippen LogP contribution in [0.15, 0.2) is 66.9 Å². The van der Waals surface area contributed by atoms with E-state index in [4.69, 9.17) is 4.74 Å². The molecule has 0 spiro atoms. The number of ether oxygens (including phenoxy) is 1. The van der Waals surface area contributed by atoms with E-state index in [1.807, 2.05) is 6.07 Å². The molecule has 0 saturated carbocycles. The van der Waals surface area contributed by atoms with Crippen molar-refractivity contribution in [3.63, 3.8) is 0 Å². The van der Waals surface area contributed by atoms with Crippen LogP contribution in [0.3, 0.4) is 0 Å². The first kappa shape index (κ1) is 29.3. The van der Waals surface area contributed by atoms with Gasteiger partial charge in [0, 0.05) is 32.0 Å². The van der Waals surface area contributed by atoms with Gasteiger partial charge in [-0.05, 0) is 25.3 Å². The third kappa shape index (κ3) is 6.60. The Balaban J connectivity index is 2.25. The van der Waals surface area contributed by atoms with Gasteiger partial charge in [0.15, 0.2) is 0 Å². The Morgan fingerprint density at radius 3 is 1.95 bits per heavy atom. The fraction of sp³-hybridized carbons (Fsp3) is 0.367. The van der Waals surface area contributed by atoms with E-state index in [0.717, 1.165) is 10.0 Å². The van der Waals surface area contributed by atoms with Crippen LogP contribution in [-0.4, -0.2) is 62.6 Å². The molecule has 3 amide bonds. The molecule has 39 heavy (non-hydrogen) atoms. The predicted molar refractivity (Wildman–Crippen MR) is 145 cm³/mol. The Kier molecular flexibility index (Phi) is 9.40. The SMILES string of the molecule is CC(=O)N1C=C(c2ccccc2)N(N(C(C)=O)[C@@H](Cc2ccccc2)C(=O)C(=O)OC(C)C)C(=O)[C@@H]1C(C)C. The maximum absolute atomic E-state index is 14.2. The number of benzene rings is 2. The Labute approximate surface area is 229 Å². The van der Waals surface area contributed by atoms with Crippen LogP contribution in [-0.2, 0) is 35.1 Å². The van der Waals surface area contributed by atoms with Crippen LogP contribution in [0.25, 0.3) is 5.70 Å². The molecule has 0 unspecified atom stereocenters. The number of esters is 1. The van der Waals surface area contributed by atoms with Crippen molar-refractivity contribution in [2.75, 3.05) is 0 Å². The second-order valence-corrected chi connectivity index (χ2v) is 10.0. The van der Waals surface area contributed by atoms with Crippen LogP contribution in [0.5, 0.6) is 0 Å². The summed E-state index contributed by atoms with van der Waals surface area (Å²) in [5, 5.41) is 2.18. The van der Waals surface area contributed by atoms with Crippen LogP contribution in [0.4, 0.5) is 0 Å². The lowest BCUT2D eigenvalue weighted by molar-refractivity contribution is -0.172. The van der Waals surface area contributed by atoms with Crippen LogP contribution in [0.2, 0.25) is 0 Å². The van der Waals surface area contributed by atoms with E-state index in [0.29, 0.717) is 11.1 Å². The maximum Gasteiger partial charge on any atom is 0.377 e. The molecular weight excluding hydrogens is 498 g/mol. The molecule has 1 aliphatic rings. The Morgan fingerprint density at radius 2 is 1.46 bits per heavy atom. The van der Waals surface area contributed by atoms with E-state index in [2.05, 4.69) is 0 Å². The molecule has 0 N–H and O–H groups in total. The molecule has 0 fully saturated rings. The number of carbonyl (C=O) groups is 5. The topological polar surface area (TPSA) is 104 Å². The maximum atomic E-state index is 14.2. The molecule has 0 bridgehead atoms. The molecule has 0 aromatic heterocycles. The van der Waals surface area contributed by atoms with Crippen molar-refractivity contribution in [1.82, 2.24) is 14.9 Å². The summed E-state index contributed by atoms with van der Waals surface area (Å²) in [6, 6.07) is 15.4. The van der Waals surface area contributed by atoms with E-state index in [1.54, 1.807) is 82.3 Å². The number of ketones is 1. The molecule has 3 rings (SSSR count). The molecule has 9 nitrogen and oxygen atoms in total. The average Bonchev–Trinajstić information content (AvgIpc) is 2.88. The fourth-order valence-corrected chi connectivity index (χ4v) is 4.59. The van der Waals surface area contributed by atoms with Gasteiger partial charge >= 0.3 is 5.97 Å². The number of hydrogen-bond donors (Lipinski definition) is 0. The summed E-state index contributed by atoms with van der Waals surface area (Å²) in [6.07, 6.45) is 0.924. The van der Waals surface area contributed by atoms with E-state index in [9.17, 15) is 24.0 Å². The molecule has 9 heteroatoms. The van der Waals surface area contributed by atoms with Crippen molar-refractivity contribution >= 4 is 35.2 Å². The van der Waals surface area contributed by atoms with E-state index >= 15 is 0 Å². The summed E-state index contributed by atoms with van der Waals surface area (Å²) in [5.74, 6) is -3.92. The highest BCUT2D eigenvalue weighted by molar-refractivity contribution is 6.36. The second kappa shape index (κ2) is 12.5. The zero-order valence-electron chi connectivity index (χ0n) is 23.2. The van der Waals surface area contributed by atoms with Gasteiger partial charge < -0.3 is 9.64 Å². The highest BCUT2D eigenvalue weighted by Crippen LogP contribution is 2.33. The first-order chi connectivity index (χ1) is 18.4. The van der Waals surface area contributed by atoms with E-state index < -0.39 is 41.8 Å². The first-order valence-electron chi connectivity index (χ1n) is 12.9. The minimum Gasteiger partial charge on any atom is -0.457 e. The minimum atomic E-state index is -1.39.